The lowest BCUT2D eigenvalue weighted by atomic mass is 10.3. The van der Waals surface area contributed by atoms with Gasteiger partial charge in [0.05, 0.1) is 20.1 Å². The first-order valence-corrected chi connectivity index (χ1v) is 7.27. The van der Waals surface area contributed by atoms with Crippen molar-refractivity contribution in [3.63, 3.8) is 0 Å². The van der Waals surface area contributed by atoms with Gasteiger partial charge in [-0.1, -0.05) is 11.8 Å². The summed E-state index contributed by atoms with van der Waals surface area (Å²) in [6.07, 6.45) is 0.0676. The Morgan fingerprint density at radius 3 is 2.67 bits per heavy atom. The first-order valence-electron chi connectivity index (χ1n) is 6.29. The van der Waals surface area contributed by atoms with Gasteiger partial charge in [0, 0.05) is 11.4 Å². The van der Waals surface area contributed by atoms with Crippen LogP contribution < -0.4 is 10.5 Å². The molecule has 3 N–H and O–H groups in total. The molecule has 0 aliphatic rings. The Labute approximate surface area is 126 Å². The Bertz CT molecular complexity index is 612. The fourth-order valence-corrected chi connectivity index (χ4v) is 2.64. The molecular weight excluding hydrogens is 292 g/mol. The summed E-state index contributed by atoms with van der Waals surface area (Å²) in [6.45, 7) is 0.249. The number of nitrogens with zero attached hydrogens (tertiary/aromatic N) is 3. The lowest BCUT2D eigenvalue weighted by Gasteiger charge is -2.09. The molecule has 0 saturated heterocycles. The molecule has 0 atom stereocenters. The Morgan fingerprint density at radius 1 is 1.38 bits per heavy atom. The highest BCUT2D eigenvalue weighted by Crippen LogP contribution is 2.24. The van der Waals surface area contributed by atoms with Gasteiger partial charge in [0.15, 0.2) is 11.0 Å². The standard InChI is InChI=1S/C13H16N4O3S/c1-20-10-4-2-9(3-5-10)17-11(8-14)15-16-13(17)21-7-6-12(18)19/h2-5H,6-8,14H2,1H3,(H,18,19). The molecule has 21 heavy (non-hydrogen) atoms. The minimum absolute atomic E-state index is 0.0676. The van der Waals surface area contributed by atoms with Crippen molar-refractivity contribution in [3.8, 4) is 11.4 Å². The van der Waals surface area contributed by atoms with E-state index in [4.69, 9.17) is 15.6 Å². The zero-order valence-electron chi connectivity index (χ0n) is 11.5. The van der Waals surface area contributed by atoms with Crippen molar-refractivity contribution >= 4 is 17.7 Å². The van der Waals surface area contributed by atoms with Crippen molar-refractivity contribution < 1.29 is 14.6 Å². The number of thioether (sulfide) groups is 1. The molecule has 0 unspecified atom stereocenters. The normalized spacial score (nSPS) is 10.6. The van der Waals surface area contributed by atoms with E-state index < -0.39 is 5.97 Å². The zero-order valence-corrected chi connectivity index (χ0v) is 12.3. The van der Waals surface area contributed by atoms with Gasteiger partial charge in [-0.2, -0.15) is 0 Å². The fourth-order valence-electron chi connectivity index (χ4n) is 1.75. The number of hydrogen-bond donors (Lipinski definition) is 2. The number of nitrogens with two attached hydrogens (primary N) is 1. The molecule has 0 aliphatic heterocycles. The topological polar surface area (TPSA) is 103 Å². The second-order valence-corrected chi connectivity index (χ2v) is 5.19. The molecule has 0 fully saturated rings. The van der Waals surface area contributed by atoms with Gasteiger partial charge in [0.25, 0.3) is 0 Å². The summed E-state index contributed by atoms with van der Waals surface area (Å²) in [6, 6.07) is 7.42. The molecule has 2 rings (SSSR count). The van der Waals surface area contributed by atoms with Crippen LogP contribution in [0, 0.1) is 0 Å². The van der Waals surface area contributed by atoms with Gasteiger partial charge in [-0.05, 0) is 24.3 Å². The maximum atomic E-state index is 10.6. The largest absolute Gasteiger partial charge is 0.497 e. The maximum Gasteiger partial charge on any atom is 0.304 e. The summed E-state index contributed by atoms with van der Waals surface area (Å²) in [5.74, 6) is 0.963. The molecule has 2 aromatic rings. The van der Waals surface area contributed by atoms with Crippen LogP contribution in [0.2, 0.25) is 0 Å². The van der Waals surface area contributed by atoms with Gasteiger partial charge >= 0.3 is 5.97 Å². The van der Waals surface area contributed by atoms with Gasteiger partial charge < -0.3 is 15.6 Å². The second-order valence-electron chi connectivity index (χ2n) is 4.13. The molecule has 0 aliphatic carbocycles. The van der Waals surface area contributed by atoms with E-state index in [1.807, 2.05) is 28.8 Å². The number of methoxy groups -OCH3 is 1. The number of carboxylic acid groups (broad SMARTS) is 1. The second kappa shape index (κ2) is 7.09. The average Bonchev–Trinajstić information content (AvgIpc) is 2.90. The van der Waals surface area contributed by atoms with Crippen molar-refractivity contribution in [1.82, 2.24) is 14.8 Å². The molecular formula is C13H16N4O3S. The lowest BCUT2D eigenvalue weighted by molar-refractivity contribution is -0.136. The van der Waals surface area contributed by atoms with E-state index in [1.165, 1.54) is 11.8 Å². The van der Waals surface area contributed by atoms with Gasteiger partial charge in [-0.25, -0.2) is 0 Å². The monoisotopic (exact) mass is 308 g/mol. The van der Waals surface area contributed by atoms with Crippen LogP contribution in [0.25, 0.3) is 5.69 Å². The molecule has 1 heterocycles. The molecule has 0 radical (unpaired) electrons. The predicted octanol–water partition coefficient (Wildman–Crippen LogP) is 1.30. The van der Waals surface area contributed by atoms with Crippen LogP contribution in [0.1, 0.15) is 12.2 Å². The zero-order chi connectivity index (χ0) is 15.2. The minimum Gasteiger partial charge on any atom is -0.497 e. The van der Waals surface area contributed by atoms with E-state index in [-0.39, 0.29) is 13.0 Å². The first kappa shape index (κ1) is 15.3. The minimum atomic E-state index is -0.836. The third kappa shape index (κ3) is 3.73. The van der Waals surface area contributed by atoms with Crippen LogP contribution in [-0.4, -0.2) is 38.7 Å². The molecule has 0 spiro atoms. The average molecular weight is 308 g/mol. The number of carbonyl (C=O) groups is 1. The lowest BCUT2D eigenvalue weighted by Crippen LogP contribution is -2.08. The third-order valence-corrected chi connectivity index (χ3v) is 3.69. The SMILES string of the molecule is COc1ccc(-n2c(CN)nnc2SCCC(=O)O)cc1. The summed E-state index contributed by atoms with van der Waals surface area (Å²) < 4.78 is 6.95. The van der Waals surface area contributed by atoms with Crippen molar-refractivity contribution in [3.05, 3.63) is 30.1 Å². The van der Waals surface area contributed by atoms with Gasteiger partial charge in [0.1, 0.15) is 5.75 Å². The summed E-state index contributed by atoms with van der Waals surface area (Å²) in [4.78, 5) is 10.6. The number of aliphatic carboxylic acids is 1. The fraction of sp³-hybridized carbons (Fsp3) is 0.308. The Kier molecular flexibility index (Phi) is 5.18. The highest BCUT2D eigenvalue weighted by atomic mass is 32.2. The molecule has 7 nitrogen and oxygen atoms in total. The van der Waals surface area contributed by atoms with E-state index in [0.29, 0.717) is 16.7 Å². The Balaban J connectivity index is 2.26. The van der Waals surface area contributed by atoms with Crippen LogP contribution in [-0.2, 0) is 11.3 Å². The predicted molar refractivity (Wildman–Crippen MR) is 78.8 cm³/mol. The summed E-state index contributed by atoms with van der Waals surface area (Å²) in [7, 11) is 1.60. The molecule has 0 bridgehead atoms. The summed E-state index contributed by atoms with van der Waals surface area (Å²) in [5.41, 5.74) is 6.54. The van der Waals surface area contributed by atoms with Gasteiger partial charge in [-0.3, -0.25) is 9.36 Å². The number of carboxylic acids is 1. The van der Waals surface area contributed by atoms with Crippen LogP contribution >= 0.6 is 11.8 Å². The van der Waals surface area contributed by atoms with E-state index in [0.717, 1.165) is 11.4 Å². The van der Waals surface area contributed by atoms with Crippen LogP contribution in [0.4, 0.5) is 0 Å². The quantitative estimate of drug-likeness (QED) is 0.743. The number of aromatic nitrogens is 3. The van der Waals surface area contributed by atoms with E-state index >= 15 is 0 Å². The molecule has 0 saturated carbocycles. The van der Waals surface area contributed by atoms with Crippen molar-refractivity contribution in [2.24, 2.45) is 5.73 Å². The number of rotatable bonds is 7. The number of ether oxygens (including phenoxy) is 1. The van der Waals surface area contributed by atoms with Crippen molar-refractivity contribution in [2.75, 3.05) is 12.9 Å². The number of hydrogen-bond acceptors (Lipinski definition) is 6. The Morgan fingerprint density at radius 2 is 2.10 bits per heavy atom. The first-order chi connectivity index (χ1) is 10.2. The Hall–Kier alpha value is -2.06. The van der Waals surface area contributed by atoms with Crippen LogP contribution in [0.15, 0.2) is 29.4 Å². The van der Waals surface area contributed by atoms with Gasteiger partial charge in [-0.15, -0.1) is 10.2 Å². The highest BCUT2D eigenvalue weighted by Gasteiger charge is 2.13. The van der Waals surface area contributed by atoms with E-state index in [1.54, 1.807) is 7.11 Å². The molecule has 1 aromatic carbocycles. The van der Waals surface area contributed by atoms with Gasteiger partial charge in [0.2, 0.25) is 0 Å². The number of benzene rings is 1. The third-order valence-electron chi connectivity index (χ3n) is 2.76. The summed E-state index contributed by atoms with van der Waals surface area (Å²) >= 11 is 1.34. The smallest absolute Gasteiger partial charge is 0.304 e. The van der Waals surface area contributed by atoms with Crippen molar-refractivity contribution in [2.45, 2.75) is 18.1 Å². The van der Waals surface area contributed by atoms with E-state index in [9.17, 15) is 4.79 Å². The van der Waals surface area contributed by atoms with E-state index in [2.05, 4.69) is 10.2 Å². The highest BCUT2D eigenvalue weighted by molar-refractivity contribution is 7.99. The molecule has 0 amide bonds. The summed E-state index contributed by atoms with van der Waals surface area (Å²) in [5, 5.41) is 17.4. The molecule has 112 valence electrons. The van der Waals surface area contributed by atoms with Crippen LogP contribution in [0.3, 0.4) is 0 Å². The molecule has 8 heteroatoms. The van der Waals surface area contributed by atoms with Crippen molar-refractivity contribution in [1.29, 1.82) is 0 Å². The molecule has 1 aromatic heterocycles. The van der Waals surface area contributed by atoms with Crippen LogP contribution in [0.5, 0.6) is 5.75 Å². The maximum absolute atomic E-state index is 10.6.